The van der Waals surface area contributed by atoms with E-state index in [0.717, 1.165) is 12.8 Å². The highest BCUT2D eigenvalue weighted by atomic mass is 16.3. The van der Waals surface area contributed by atoms with Crippen LogP contribution in [0.5, 0.6) is 0 Å². The van der Waals surface area contributed by atoms with Gasteiger partial charge in [-0.15, -0.1) is 0 Å². The Morgan fingerprint density at radius 3 is 2.69 bits per heavy atom. The topological polar surface area (TPSA) is 65.9 Å². The molecule has 0 heterocycles. The minimum atomic E-state index is 0.102. The van der Waals surface area contributed by atoms with Gasteiger partial charge in [0, 0.05) is 5.92 Å². The second-order valence-corrected chi connectivity index (χ2v) is 3.56. The van der Waals surface area contributed by atoms with Gasteiger partial charge >= 0.3 is 0 Å². The van der Waals surface area contributed by atoms with Gasteiger partial charge < -0.3 is 5.11 Å². The fraction of sp³-hybridized carbons (Fsp3) is 0.889. The SMILES string of the molecule is O=C(N[NH2+]CCO)C1CCCCC1. The summed E-state index contributed by atoms with van der Waals surface area (Å²) in [5.74, 6) is 0.344. The molecule has 4 N–H and O–H groups in total. The van der Waals surface area contributed by atoms with Crippen LogP contribution in [0.15, 0.2) is 0 Å². The summed E-state index contributed by atoms with van der Waals surface area (Å²) in [6.45, 7) is 0.642. The van der Waals surface area contributed by atoms with Crippen LogP contribution < -0.4 is 10.9 Å². The molecule has 0 aromatic rings. The third-order valence-electron chi connectivity index (χ3n) is 2.49. The Balaban J connectivity index is 2.13. The molecule has 0 unspecified atom stereocenters. The van der Waals surface area contributed by atoms with Gasteiger partial charge in [0.1, 0.15) is 6.54 Å². The maximum absolute atomic E-state index is 11.4. The number of amides is 1. The zero-order valence-electron chi connectivity index (χ0n) is 7.96. The normalized spacial score (nSPS) is 18.5. The van der Waals surface area contributed by atoms with Crippen LogP contribution in [0.4, 0.5) is 0 Å². The Labute approximate surface area is 78.7 Å². The number of nitrogens with one attached hydrogen (secondary N) is 1. The molecule has 0 saturated heterocycles. The fourth-order valence-corrected chi connectivity index (χ4v) is 1.72. The molecule has 0 aliphatic heterocycles. The van der Waals surface area contributed by atoms with Crippen LogP contribution in [0.3, 0.4) is 0 Å². The molecule has 0 aromatic carbocycles. The molecule has 1 aliphatic carbocycles. The van der Waals surface area contributed by atoms with Gasteiger partial charge in [0.05, 0.1) is 6.61 Å². The Kier molecular flexibility index (Phi) is 4.78. The standard InChI is InChI=1S/C9H18N2O2/c12-7-6-10-11-9(13)8-4-2-1-3-5-8/h8,10,12H,1-7H2,(H,11,13)/p+1. The number of hydrogen-bond donors (Lipinski definition) is 3. The first-order chi connectivity index (χ1) is 6.34. The van der Waals surface area contributed by atoms with E-state index in [0.29, 0.717) is 6.54 Å². The molecule has 76 valence electrons. The van der Waals surface area contributed by atoms with Crippen LogP contribution in [-0.4, -0.2) is 24.2 Å². The van der Waals surface area contributed by atoms with Crippen LogP contribution in [0.25, 0.3) is 0 Å². The lowest BCUT2D eigenvalue weighted by molar-refractivity contribution is -0.699. The zero-order valence-corrected chi connectivity index (χ0v) is 7.96. The number of carbonyl (C=O) groups is 1. The Morgan fingerprint density at radius 1 is 1.38 bits per heavy atom. The second kappa shape index (κ2) is 5.94. The second-order valence-electron chi connectivity index (χ2n) is 3.56. The van der Waals surface area contributed by atoms with E-state index < -0.39 is 0 Å². The van der Waals surface area contributed by atoms with Gasteiger partial charge in [-0.25, -0.2) is 10.9 Å². The molecule has 0 spiro atoms. The van der Waals surface area contributed by atoms with E-state index in [2.05, 4.69) is 5.43 Å². The smallest absolute Gasteiger partial charge is 0.267 e. The van der Waals surface area contributed by atoms with Crippen molar-refractivity contribution in [3.63, 3.8) is 0 Å². The molecule has 0 atom stereocenters. The van der Waals surface area contributed by atoms with E-state index in [1.54, 1.807) is 5.43 Å². The van der Waals surface area contributed by atoms with Gasteiger partial charge in [-0.2, -0.15) is 0 Å². The largest absolute Gasteiger partial charge is 0.390 e. The maximum Gasteiger partial charge on any atom is 0.267 e. The van der Waals surface area contributed by atoms with Crippen LogP contribution in [0.2, 0.25) is 0 Å². The molecule has 0 radical (unpaired) electrons. The summed E-state index contributed by atoms with van der Waals surface area (Å²) in [7, 11) is 0. The first-order valence-corrected chi connectivity index (χ1v) is 5.07. The first kappa shape index (κ1) is 10.5. The van der Waals surface area contributed by atoms with Crippen LogP contribution >= 0.6 is 0 Å². The molecule has 4 nitrogen and oxygen atoms in total. The summed E-state index contributed by atoms with van der Waals surface area (Å²) in [4.78, 5) is 11.4. The molecule has 4 heteroatoms. The predicted octanol–water partition coefficient (Wildman–Crippen LogP) is -0.846. The van der Waals surface area contributed by atoms with Crippen molar-refractivity contribution in [2.75, 3.05) is 13.2 Å². The van der Waals surface area contributed by atoms with E-state index in [4.69, 9.17) is 5.11 Å². The number of aliphatic hydroxyl groups excluding tert-OH is 1. The molecule has 1 aliphatic rings. The lowest BCUT2D eigenvalue weighted by Gasteiger charge is -2.19. The molecular weight excluding hydrogens is 168 g/mol. The maximum atomic E-state index is 11.4. The third-order valence-corrected chi connectivity index (χ3v) is 2.49. The molecule has 1 rings (SSSR count). The molecule has 0 bridgehead atoms. The Bertz CT molecular complexity index is 156. The van der Waals surface area contributed by atoms with Gasteiger partial charge in [-0.3, -0.25) is 4.79 Å². The number of rotatable bonds is 4. The summed E-state index contributed by atoms with van der Waals surface area (Å²) in [6.07, 6.45) is 5.68. The molecular formula is C9H19N2O2+. The van der Waals surface area contributed by atoms with E-state index in [9.17, 15) is 4.79 Å². The van der Waals surface area contributed by atoms with Gasteiger partial charge in [0.15, 0.2) is 0 Å². The lowest BCUT2D eigenvalue weighted by Crippen LogP contribution is -2.95. The molecule has 1 saturated carbocycles. The van der Waals surface area contributed by atoms with E-state index in [1.807, 2.05) is 0 Å². The highest BCUT2D eigenvalue weighted by molar-refractivity contribution is 5.77. The van der Waals surface area contributed by atoms with Gasteiger partial charge in [0.25, 0.3) is 5.91 Å². The van der Waals surface area contributed by atoms with Gasteiger partial charge in [0.2, 0.25) is 0 Å². The Morgan fingerprint density at radius 2 is 2.08 bits per heavy atom. The van der Waals surface area contributed by atoms with Crippen molar-refractivity contribution < 1.29 is 15.3 Å². The van der Waals surface area contributed by atoms with Gasteiger partial charge in [-0.1, -0.05) is 19.3 Å². The summed E-state index contributed by atoms with van der Waals surface area (Å²) in [6, 6.07) is 0. The van der Waals surface area contributed by atoms with Crippen molar-refractivity contribution in [1.82, 2.24) is 5.43 Å². The number of hydrogen-bond acceptors (Lipinski definition) is 2. The van der Waals surface area contributed by atoms with Crippen LogP contribution in [0.1, 0.15) is 32.1 Å². The monoisotopic (exact) mass is 187 g/mol. The predicted molar refractivity (Wildman–Crippen MR) is 48.6 cm³/mol. The summed E-state index contributed by atoms with van der Waals surface area (Å²) in [5.41, 5.74) is 4.38. The van der Waals surface area contributed by atoms with Crippen molar-refractivity contribution in [1.29, 1.82) is 0 Å². The average molecular weight is 187 g/mol. The number of carbonyl (C=O) groups excluding carboxylic acids is 1. The zero-order chi connectivity index (χ0) is 9.52. The fourth-order valence-electron chi connectivity index (χ4n) is 1.72. The average Bonchev–Trinajstić information content (AvgIpc) is 2.19. The third kappa shape index (κ3) is 3.74. The van der Waals surface area contributed by atoms with E-state index >= 15 is 0 Å². The first-order valence-electron chi connectivity index (χ1n) is 5.07. The van der Waals surface area contributed by atoms with Gasteiger partial charge in [-0.05, 0) is 12.8 Å². The number of aliphatic hydroxyl groups is 1. The van der Waals surface area contributed by atoms with E-state index in [-0.39, 0.29) is 18.4 Å². The van der Waals surface area contributed by atoms with Crippen LogP contribution in [-0.2, 0) is 4.79 Å². The van der Waals surface area contributed by atoms with E-state index in [1.165, 1.54) is 19.3 Å². The Hall–Kier alpha value is -0.610. The number of nitrogens with two attached hydrogens (primary N) is 1. The number of quaternary nitrogens is 1. The van der Waals surface area contributed by atoms with Crippen molar-refractivity contribution in [2.24, 2.45) is 5.92 Å². The van der Waals surface area contributed by atoms with Crippen molar-refractivity contribution >= 4 is 5.91 Å². The molecule has 1 fully saturated rings. The summed E-state index contributed by atoms with van der Waals surface area (Å²) < 4.78 is 0. The highest BCUT2D eigenvalue weighted by Gasteiger charge is 2.21. The summed E-state index contributed by atoms with van der Waals surface area (Å²) >= 11 is 0. The quantitative estimate of drug-likeness (QED) is 0.232. The lowest BCUT2D eigenvalue weighted by atomic mass is 9.89. The van der Waals surface area contributed by atoms with Crippen molar-refractivity contribution in [2.45, 2.75) is 32.1 Å². The van der Waals surface area contributed by atoms with Crippen molar-refractivity contribution in [3.8, 4) is 0 Å². The van der Waals surface area contributed by atoms with Crippen LogP contribution in [0, 0.1) is 5.92 Å². The molecule has 13 heavy (non-hydrogen) atoms. The highest BCUT2D eigenvalue weighted by Crippen LogP contribution is 2.23. The minimum absolute atomic E-state index is 0.102. The molecule has 1 amide bonds. The van der Waals surface area contributed by atoms with Crippen molar-refractivity contribution in [3.05, 3.63) is 0 Å². The minimum Gasteiger partial charge on any atom is -0.390 e. The molecule has 0 aromatic heterocycles. The summed E-state index contributed by atoms with van der Waals surface area (Å²) in [5, 5.41) is 8.51.